The first-order chi connectivity index (χ1) is 8.81. The molecule has 0 aliphatic heterocycles. The summed E-state index contributed by atoms with van der Waals surface area (Å²) in [6.45, 7) is 1.64. The van der Waals surface area contributed by atoms with E-state index in [9.17, 15) is 0 Å². The summed E-state index contributed by atoms with van der Waals surface area (Å²) in [5.41, 5.74) is 1.09. The predicted octanol–water partition coefficient (Wildman–Crippen LogP) is 3.81. The number of benzene rings is 1. The average Bonchev–Trinajstić information content (AvgIpc) is 2.32. The molecule has 0 heterocycles. The van der Waals surface area contributed by atoms with Crippen molar-refractivity contribution < 1.29 is 4.74 Å². The molecule has 1 N–H and O–H groups in total. The molecule has 0 bridgehead atoms. The third-order valence-corrected chi connectivity index (χ3v) is 4.06. The van der Waals surface area contributed by atoms with E-state index in [1.54, 1.807) is 0 Å². The zero-order chi connectivity index (χ0) is 12.8. The summed E-state index contributed by atoms with van der Waals surface area (Å²) in [4.78, 5) is 0. The lowest BCUT2D eigenvalue weighted by atomic mass is 9.83. The van der Waals surface area contributed by atoms with Gasteiger partial charge in [0.2, 0.25) is 0 Å². The fourth-order valence-electron chi connectivity index (χ4n) is 2.34. The van der Waals surface area contributed by atoms with Crippen molar-refractivity contribution in [3.8, 4) is 0 Å². The lowest BCUT2D eigenvalue weighted by Crippen LogP contribution is -2.22. The molecule has 1 unspecified atom stereocenters. The second kappa shape index (κ2) is 7.13. The van der Waals surface area contributed by atoms with Gasteiger partial charge in [0.05, 0.1) is 6.10 Å². The summed E-state index contributed by atoms with van der Waals surface area (Å²) < 4.78 is 6.01. The van der Waals surface area contributed by atoms with Crippen LogP contribution in [0.5, 0.6) is 0 Å². The minimum atomic E-state index is 0.0591. The molecule has 3 heteroatoms. The summed E-state index contributed by atoms with van der Waals surface area (Å²) in [6.07, 6.45) is 5.40. The second-order valence-electron chi connectivity index (χ2n) is 5.02. The predicted molar refractivity (Wildman–Crippen MR) is 76.0 cm³/mol. The van der Waals surface area contributed by atoms with Crippen LogP contribution in [0.3, 0.4) is 0 Å². The summed E-state index contributed by atoms with van der Waals surface area (Å²) in [7, 11) is 1.94. The Balaban J connectivity index is 1.88. The maximum Gasteiger partial charge on any atom is 0.0963 e. The van der Waals surface area contributed by atoms with Crippen LogP contribution < -0.4 is 5.32 Å². The van der Waals surface area contributed by atoms with Gasteiger partial charge in [-0.3, -0.25) is 0 Å². The number of hydrogen-bond donors (Lipinski definition) is 1. The molecule has 1 aliphatic rings. The molecule has 1 saturated carbocycles. The molecule has 2 rings (SSSR count). The summed E-state index contributed by atoms with van der Waals surface area (Å²) in [5, 5.41) is 3.97. The highest BCUT2D eigenvalue weighted by atomic mass is 35.5. The highest BCUT2D eigenvalue weighted by Gasteiger charge is 2.19. The zero-order valence-electron chi connectivity index (χ0n) is 11.0. The monoisotopic (exact) mass is 267 g/mol. The molecule has 0 amide bonds. The van der Waals surface area contributed by atoms with Crippen molar-refractivity contribution in [2.75, 3.05) is 20.2 Å². The minimum absolute atomic E-state index is 0.0591. The van der Waals surface area contributed by atoms with Gasteiger partial charge in [0, 0.05) is 23.7 Å². The van der Waals surface area contributed by atoms with E-state index >= 15 is 0 Å². The van der Waals surface area contributed by atoms with Gasteiger partial charge in [-0.1, -0.05) is 49.1 Å². The minimum Gasteiger partial charge on any atom is -0.372 e. The van der Waals surface area contributed by atoms with Crippen LogP contribution in [0.4, 0.5) is 0 Å². The first-order valence-electron chi connectivity index (χ1n) is 6.82. The number of halogens is 1. The van der Waals surface area contributed by atoms with Gasteiger partial charge in [-0.2, -0.15) is 0 Å². The number of ether oxygens (including phenoxy) is 1. The van der Waals surface area contributed by atoms with Crippen LogP contribution in [0.15, 0.2) is 24.3 Å². The van der Waals surface area contributed by atoms with Gasteiger partial charge in [0.15, 0.2) is 0 Å². The molecule has 18 heavy (non-hydrogen) atoms. The molecular weight excluding hydrogens is 246 g/mol. The van der Waals surface area contributed by atoms with E-state index in [1.807, 2.05) is 31.3 Å². The van der Waals surface area contributed by atoms with Crippen molar-refractivity contribution in [1.29, 1.82) is 0 Å². The highest BCUT2D eigenvalue weighted by molar-refractivity contribution is 6.31. The first-order valence-corrected chi connectivity index (χ1v) is 7.19. The molecule has 0 saturated heterocycles. The van der Waals surface area contributed by atoms with Gasteiger partial charge in [0.1, 0.15) is 0 Å². The van der Waals surface area contributed by atoms with Crippen LogP contribution in [0, 0.1) is 5.92 Å². The maximum atomic E-state index is 6.23. The second-order valence-corrected chi connectivity index (χ2v) is 5.43. The van der Waals surface area contributed by atoms with Crippen LogP contribution >= 0.6 is 11.6 Å². The van der Waals surface area contributed by atoms with Crippen molar-refractivity contribution in [2.24, 2.45) is 5.92 Å². The molecule has 1 atom stereocenters. The number of likely N-dealkylation sites (N-methyl/N-ethyl adjacent to an activating group) is 1. The van der Waals surface area contributed by atoms with Crippen LogP contribution in [-0.2, 0) is 4.74 Å². The van der Waals surface area contributed by atoms with Gasteiger partial charge in [-0.05, 0) is 25.5 Å². The molecule has 1 aliphatic carbocycles. The number of rotatable bonds is 7. The first kappa shape index (κ1) is 13.9. The highest BCUT2D eigenvalue weighted by Crippen LogP contribution is 2.30. The number of nitrogens with one attached hydrogen (secondary N) is 1. The Labute approximate surface area is 115 Å². The van der Waals surface area contributed by atoms with E-state index in [1.165, 1.54) is 25.7 Å². The largest absolute Gasteiger partial charge is 0.372 e. The van der Waals surface area contributed by atoms with Crippen LogP contribution in [0.2, 0.25) is 5.02 Å². The molecular formula is C15H22ClNO. The summed E-state index contributed by atoms with van der Waals surface area (Å²) in [5.74, 6) is 0.895. The Morgan fingerprint density at radius 2 is 2.17 bits per heavy atom. The molecule has 0 aromatic heterocycles. The summed E-state index contributed by atoms with van der Waals surface area (Å²) in [6, 6.07) is 7.94. The van der Waals surface area contributed by atoms with Crippen LogP contribution in [0.1, 0.15) is 37.4 Å². The van der Waals surface area contributed by atoms with Gasteiger partial charge in [0.25, 0.3) is 0 Å². The van der Waals surface area contributed by atoms with Crippen molar-refractivity contribution in [3.63, 3.8) is 0 Å². The molecule has 0 radical (unpaired) electrons. The molecule has 1 aromatic rings. The third kappa shape index (κ3) is 3.71. The molecule has 0 spiro atoms. The van der Waals surface area contributed by atoms with Gasteiger partial charge < -0.3 is 10.1 Å². The molecule has 1 fully saturated rings. The van der Waals surface area contributed by atoms with E-state index in [-0.39, 0.29) is 6.10 Å². The lowest BCUT2D eigenvalue weighted by molar-refractivity contribution is 0.0383. The Morgan fingerprint density at radius 3 is 2.78 bits per heavy atom. The SMILES string of the molecule is CNCC(OCCC1CCC1)c1ccccc1Cl. The smallest absolute Gasteiger partial charge is 0.0963 e. The zero-order valence-corrected chi connectivity index (χ0v) is 11.7. The van der Waals surface area contributed by atoms with Gasteiger partial charge in [-0.15, -0.1) is 0 Å². The van der Waals surface area contributed by atoms with Crippen LogP contribution in [0.25, 0.3) is 0 Å². The van der Waals surface area contributed by atoms with Crippen molar-refractivity contribution in [2.45, 2.75) is 31.8 Å². The van der Waals surface area contributed by atoms with E-state index in [4.69, 9.17) is 16.3 Å². The lowest BCUT2D eigenvalue weighted by Gasteiger charge is -2.26. The van der Waals surface area contributed by atoms with Crippen molar-refractivity contribution in [1.82, 2.24) is 5.32 Å². The fourth-order valence-corrected chi connectivity index (χ4v) is 2.60. The Kier molecular flexibility index (Phi) is 5.48. The van der Waals surface area contributed by atoms with Crippen molar-refractivity contribution in [3.05, 3.63) is 34.9 Å². The molecule has 100 valence electrons. The number of hydrogen-bond acceptors (Lipinski definition) is 2. The fraction of sp³-hybridized carbons (Fsp3) is 0.600. The van der Waals surface area contributed by atoms with E-state index in [2.05, 4.69) is 5.32 Å². The average molecular weight is 268 g/mol. The van der Waals surface area contributed by atoms with E-state index < -0.39 is 0 Å². The quantitative estimate of drug-likeness (QED) is 0.811. The Bertz CT molecular complexity index is 365. The maximum absolute atomic E-state index is 6.23. The Hall–Kier alpha value is -0.570. The third-order valence-electron chi connectivity index (χ3n) is 3.71. The van der Waals surface area contributed by atoms with E-state index in [0.717, 1.165) is 29.7 Å². The molecule has 2 nitrogen and oxygen atoms in total. The Morgan fingerprint density at radius 1 is 1.39 bits per heavy atom. The standard InChI is InChI=1S/C15H22ClNO/c1-17-11-15(13-7-2-3-8-14(13)16)18-10-9-12-5-4-6-12/h2-3,7-8,12,15,17H,4-6,9-11H2,1H3. The van der Waals surface area contributed by atoms with E-state index in [0.29, 0.717) is 0 Å². The van der Waals surface area contributed by atoms with Crippen LogP contribution in [-0.4, -0.2) is 20.2 Å². The van der Waals surface area contributed by atoms with Crippen molar-refractivity contribution >= 4 is 11.6 Å². The normalized spacial score (nSPS) is 17.4. The summed E-state index contributed by atoms with van der Waals surface area (Å²) >= 11 is 6.23. The van der Waals surface area contributed by atoms with Gasteiger partial charge >= 0.3 is 0 Å². The topological polar surface area (TPSA) is 21.3 Å². The van der Waals surface area contributed by atoms with Gasteiger partial charge in [-0.25, -0.2) is 0 Å². The molecule has 1 aromatic carbocycles.